The normalized spacial score (nSPS) is 9.73. The van der Waals surface area contributed by atoms with E-state index in [1.54, 1.807) is 13.0 Å². The number of nitrogen functional groups attached to an aromatic ring is 1. The van der Waals surface area contributed by atoms with E-state index in [-0.39, 0.29) is 17.2 Å². The zero-order valence-electron chi connectivity index (χ0n) is 8.51. The number of amides is 1. The Kier molecular flexibility index (Phi) is 3.44. The Bertz CT molecular complexity index is 379. The van der Waals surface area contributed by atoms with Crippen molar-refractivity contribution >= 4 is 11.6 Å². The van der Waals surface area contributed by atoms with Crippen molar-refractivity contribution in [3.63, 3.8) is 0 Å². The summed E-state index contributed by atoms with van der Waals surface area (Å²) in [5, 5.41) is 2.54. The zero-order valence-corrected chi connectivity index (χ0v) is 8.51. The number of carbonyl (C=O) groups is 1. The Labute approximate surface area is 87.8 Å². The lowest BCUT2D eigenvalue weighted by atomic mass is 10.1. The SMILES string of the molecule is C=CCNC(=O)c1cc(N)c(C)c(F)c1. The highest BCUT2D eigenvalue weighted by Gasteiger charge is 2.09. The minimum atomic E-state index is -0.473. The van der Waals surface area contributed by atoms with Gasteiger partial charge in [0, 0.05) is 23.4 Å². The van der Waals surface area contributed by atoms with E-state index >= 15 is 0 Å². The Morgan fingerprint density at radius 1 is 1.67 bits per heavy atom. The maximum Gasteiger partial charge on any atom is 0.251 e. The molecular formula is C11H13FN2O. The van der Waals surface area contributed by atoms with E-state index in [1.165, 1.54) is 12.1 Å². The summed E-state index contributed by atoms with van der Waals surface area (Å²) in [5.74, 6) is -0.834. The van der Waals surface area contributed by atoms with Crippen LogP contribution >= 0.6 is 0 Å². The first kappa shape index (κ1) is 11.2. The van der Waals surface area contributed by atoms with E-state index in [1.807, 2.05) is 0 Å². The first-order valence-electron chi connectivity index (χ1n) is 4.51. The van der Waals surface area contributed by atoms with Crippen LogP contribution < -0.4 is 11.1 Å². The average Bonchev–Trinajstić information content (AvgIpc) is 2.21. The number of hydrogen-bond donors (Lipinski definition) is 2. The molecule has 80 valence electrons. The van der Waals surface area contributed by atoms with Crippen molar-refractivity contribution in [2.45, 2.75) is 6.92 Å². The lowest BCUT2D eigenvalue weighted by molar-refractivity contribution is 0.0957. The van der Waals surface area contributed by atoms with Gasteiger partial charge in [-0.25, -0.2) is 4.39 Å². The van der Waals surface area contributed by atoms with Crippen LogP contribution in [0.3, 0.4) is 0 Å². The third-order valence-corrected chi connectivity index (χ3v) is 2.05. The minimum absolute atomic E-state index is 0.220. The molecule has 0 aromatic heterocycles. The van der Waals surface area contributed by atoms with Gasteiger partial charge in [0.15, 0.2) is 0 Å². The van der Waals surface area contributed by atoms with Crippen molar-refractivity contribution in [3.05, 3.63) is 41.7 Å². The molecule has 1 aromatic rings. The van der Waals surface area contributed by atoms with E-state index in [4.69, 9.17) is 5.73 Å². The number of nitrogens with one attached hydrogen (secondary N) is 1. The minimum Gasteiger partial charge on any atom is -0.398 e. The van der Waals surface area contributed by atoms with Gasteiger partial charge in [-0.2, -0.15) is 0 Å². The predicted molar refractivity (Wildman–Crippen MR) is 58.1 cm³/mol. The van der Waals surface area contributed by atoms with Crippen LogP contribution in [0.4, 0.5) is 10.1 Å². The fourth-order valence-electron chi connectivity index (χ4n) is 1.10. The van der Waals surface area contributed by atoms with E-state index in [0.29, 0.717) is 12.1 Å². The standard InChI is InChI=1S/C11H13FN2O/c1-3-4-14-11(15)8-5-9(12)7(2)10(13)6-8/h3,5-6H,1,4,13H2,2H3,(H,14,15). The van der Waals surface area contributed by atoms with Crippen molar-refractivity contribution in [2.24, 2.45) is 0 Å². The molecule has 0 bridgehead atoms. The number of benzene rings is 1. The maximum atomic E-state index is 13.2. The fourth-order valence-corrected chi connectivity index (χ4v) is 1.10. The van der Waals surface area contributed by atoms with E-state index < -0.39 is 5.82 Å². The third-order valence-electron chi connectivity index (χ3n) is 2.05. The summed E-state index contributed by atoms with van der Waals surface area (Å²) in [6.07, 6.45) is 1.55. The van der Waals surface area contributed by atoms with E-state index in [0.717, 1.165) is 0 Å². The monoisotopic (exact) mass is 208 g/mol. The number of hydrogen-bond acceptors (Lipinski definition) is 2. The number of anilines is 1. The Balaban J connectivity index is 2.95. The van der Waals surface area contributed by atoms with Crippen LogP contribution in [0.25, 0.3) is 0 Å². The second kappa shape index (κ2) is 4.59. The van der Waals surface area contributed by atoms with Crippen LogP contribution in [0, 0.1) is 12.7 Å². The molecule has 0 saturated heterocycles. The summed E-state index contributed by atoms with van der Waals surface area (Å²) >= 11 is 0. The molecule has 0 fully saturated rings. The second-order valence-electron chi connectivity index (χ2n) is 3.17. The molecule has 4 heteroatoms. The molecule has 0 aliphatic heterocycles. The molecule has 1 rings (SSSR count). The van der Waals surface area contributed by atoms with Crippen LogP contribution in [0.5, 0.6) is 0 Å². The lowest BCUT2D eigenvalue weighted by Crippen LogP contribution is -2.23. The van der Waals surface area contributed by atoms with E-state index in [9.17, 15) is 9.18 Å². The molecule has 0 aliphatic rings. The van der Waals surface area contributed by atoms with Crippen molar-refractivity contribution < 1.29 is 9.18 Å². The Morgan fingerprint density at radius 2 is 2.33 bits per heavy atom. The summed E-state index contributed by atoms with van der Waals surface area (Å²) < 4.78 is 13.2. The molecule has 15 heavy (non-hydrogen) atoms. The van der Waals surface area contributed by atoms with Crippen molar-refractivity contribution in [2.75, 3.05) is 12.3 Å². The van der Waals surface area contributed by atoms with E-state index in [2.05, 4.69) is 11.9 Å². The molecule has 0 spiro atoms. The van der Waals surface area contributed by atoms with Crippen molar-refractivity contribution in [1.29, 1.82) is 0 Å². The van der Waals surface area contributed by atoms with Crippen LogP contribution in [0.2, 0.25) is 0 Å². The van der Waals surface area contributed by atoms with Gasteiger partial charge in [0.1, 0.15) is 5.82 Å². The number of halogens is 1. The van der Waals surface area contributed by atoms with Crippen molar-refractivity contribution in [3.8, 4) is 0 Å². The summed E-state index contributed by atoms with van der Waals surface area (Å²) in [4.78, 5) is 11.4. The van der Waals surface area contributed by atoms with Gasteiger partial charge in [0.25, 0.3) is 5.91 Å². The molecule has 0 heterocycles. The van der Waals surface area contributed by atoms with Gasteiger partial charge >= 0.3 is 0 Å². The van der Waals surface area contributed by atoms with Gasteiger partial charge in [-0.05, 0) is 19.1 Å². The molecule has 1 amide bonds. The fraction of sp³-hybridized carbons (Fsp3) is 0.182. The molecule has 1 aromatic carbocycles. The Hall–Kier alpha value is -1.84. The van der Waals surface area contributed by atoms with Crippen molar-refractivity contribution in [1.82, 2.24) is 5.32 Å². The number of rotatable bonds is 3. The van der Waals surface area contributed by atoms with Gasteiger partial charge in [-0.3, -0.25) is 4.79 Å². The first-order chi connectivity index (χ1) is 7.06. The molecule has 0 aliphatic carbocycles. The average molecular weight is 208 g/mol. The third kappa shape index (κ3) is 2.56. The predicted octanol–water partition coefficient (Wildman–Crippen LogP) is 1.63. The van der Waals surface area contributed by atoms with Gasteiger partial charge < -0.3 is 11.1 Å². The van der Waals surface area contributed by atoms with Gasteiger partial charge in [-0.1, -0.05) is 6.08 Å². The van der Waals surface area contributed by atoms with Crippen LogP contribution in [0.15, 0.2) is 24.8 Å². The molecule has 0 saturated carbocycles. The van der Waals surface area contributed by atoms with Crippen LogP contribution in [-0.2, 0) is 0 Å². The lowest BCUT2D eigenvalue weighted by Gasteiger charge is -2.06. The highest BCUT2D eigenvalue weighted by Crippen LogP contribution is 2.17. The molecule has 3 nitrogen and oxygen atoms in total. The molecular weight excluding hydrogens is 195 g/mol. The zero-order chi connectivity index (χ0) is 11.4. The molecule has 3 N–H and O–H groups in total. The topological polar surface area (TPSA) is 55.1 Å². The molecule has 0 unspecified atom stereocenters. The summed E-state index contributed by atoms with van der Waals surface area (Å²) in [6.45, 7) is 5.37. The number of nitrogens with two attached hydrogens (primary N) is 1. The first-order valence-corrected chi connectivity index (χ1v) is 4.51. The highest BCUT2D eigenvalue weighted by molar-refractivity contribution is 5.95. The molecule has 0 atom stereocenters. The summed E-state index contributed by atoms with van der Waals surface area (Å²) in [5.41, 5.74) is 6.40. The summed E-state index contributed by atoms with van der Waals surface area (Å²) in [7, 11) is 0. The highest BCUT2D eigenvalue weighted by atomic mass is 19.1. The maximum absolute atomic E-state index is 13.2. The molecule has 0 radical (unpaired) electrons. The van der Waals surface area contributed by atoms with Gasteiger partial charge in [0.2, 0.25) is 0 Å². The van der Waals surface area contributed by atoms with Crippen LogP contribution in [0.1, 0.15) is 15.9 Å². The number of carbonyl (C=O) groups excluding carboxylic acids is 1. The largest absolute Gasteiger partial charge is 0.398 e. The second-order valence-corrected chi connectivity index (χ2v) is 3.17. The quantitative estimate of drug-likeness (QED) is 0.586. The smallest absolute Gasteiger partial charge is 0.251 e. The Morgan fingerprint density at radius 3 is 2.87 bits per heavy atom. The van der Waals surface area contributed by atoms with Gasteiger partial charge in [0.05, 0.1) is 0 Å². The summed E-state index contributed by atoms with van der Waals surface area (Å²) in [6, 6.07) is 2.63. The van der Waals surface area contributed by atoms with Crippen LogP contribution in [-0.4, -0.2) is 12.5 Å². The van der Waals surface area contributed by atoms with Gasteiger partial charge in [-0.15, -0.1) is 6.58 Å².